The van der Waals surface area contributed by atoms with E-state index in [-0.39, 0.29) is 22.8 Å². The van der Waals surface area contributed by atoms with Crippen molar-refractivity contribution in [2.24, 2.45) is 5.41 Å². The van der Waals surface area contributed by atoms with Crippen molar-refractivity contribution >= 4 is 17.3 Å². The van der Waals surface area contributed by atoms with Crippen LogP contribution in [0.15, 0.2) is 36.4 Å². The summed E-state index contributed by atoms with van der Waals surface area (Å²) in [6, 6.07) is 13.2. The third-order valence-electron chi connectivity index (χ3n) is 6.61. The molecule has 6 heteroatoms. The number of rotatable bonds is 5. The minimum absolute atomic E-state index is 0.0663. The number of hydrogen-bond acceptors (Lipinski definition) is 5. The van der Waals surface area contributed by atoms with E-state index < -0.39 is 5.41 Å². The molecule has 1 unspecified atom stereocenters. The molecule has 162 valence electrons. The summed E-state index contributed by atoms with van der Waals surface area (Å²) in [5.74, 6) is -0.489. The van der Waals surface area contributed by atoms with Crippen LogP contribution >= 0.6 is 0 Å². The molecule has 1 aliphatic heterocycles. The van der Waals surface area contributed by atoms with Gasteiger partial charge in [-0.05, 0) is 66.1 Å². The van der Waals surface area contributed by atoms with Crippen LogP contribution in [-0.2, 0) is 16.6 Å². The van der Waals surface area contributed by atoms with Gasteiger partial charge in [-0.15, -0.1) is 0 Å². The number of carbonyl (C=O) groups excluding carboxylic acids is 1. The van der Waals surface area contributed by atoms with Gasteiger partial charge in [-0.1, -0.05) is 26.8 Å². The number of phenols is 2. The number of aromatic hydroxyl groups is 2. The standard InChI is InChI=1S/C25H29N3O3/c1-24(2,3)22-14-16-13-18(6-7-19(16)28(22)12-4-11-26)27-23(31)25(9-10-25)17-5-8-20(29)21(30)15-17/h5-8,13,15,22,29-30H,4,9-10,12,14H2,1-3H3,(H,27,31). The van der Waals surface area contributed by atoms with E-state index in [1.165, 1.54) is 17.7 Å². The van der Waals surface area contributed by atoms with Crippen LogP contribution in [0.3, 0.4) is 0 Å². The highest BCUT2D eigenvalue weighted by atomic mass is 16.3. The Balaban J connectivity index is 1.56. The van der Waals surface area contributed by atoms with Crippen molar-refractivity contribution in [3.05, 3.63) is 47.5 Å². The largest absolute Gasteiger partial charge is 0.504 e. The van der Waals surface area contributed by atoms with Gasteiger partial charge in [0.2, 0.25) is 5.91 Å². The topological polar surface area (TPSA) is 96.6 Å². The number of anilines is 2. The maximum absolute atomic E-state index is 13.1. The Labute approximate surface area is 183 Å². The summed E-state index contributed by atoms with van der Waals surface area (Å²) in [5, 5.41) is 31.5. The van der Waals surface area contributed by atoms with Crippen LogP contribution in [-0.4, -0.2) is 28.7 Å². The lowest BCUT2D eigenvalue weighted by molar-refractivity contribution is -0.118. The van der Waals surface area contributed by atoms with E-state index >= 15 is 0 Å². The average molecular weight is 420 g/mol. The van der Waals surface area contributed by atoms with E-state index in [1.807, 2.05) is 18.2 Å². The Morgan fingerprint density at radius 3 is 2.55 bits per heavy atom. The summed E-state index contributed by atoms with van der Waals surface area (Å²) >= 11 is 0. The van der Waals surface area contributed by atoms with Gasteiger partial charge in [0, 0.05) is 24.0 Å². The Morgan fingerprint density at radius 2 is 1.94 bits per heavy atom. The molecule has 2 aromatic carbocycles. The van der Waals surface area contributed by atoms with E-state index in [1.54, 1.807) is 6.07 Å². The number of nitrogens with zero attached hydrogens (tertiary/aromatic N) is 2. The zero-order valence-electron chi connectivity index (χ0n) is 18.3. The quantitative estimate of drug-likeness (QED) is 0.622. The van der Waals surface area contributed by atoms with Crippen molar-refractivity contribution in [1.82, 2.24) is 0 Å². The maximum atomic E-state index is 13.1. The van der Waals surface area contributed by atoms with Gasteiger partial charge in [0.05, 0.1) is 17.9 Å². The second kappa shape index (κ2) is 7.49. The van der Waals surface area contributed by atoms with Gasteiger partial charge in [-0.25, -0.2) is 0 Å². The molecule has 0 spiro atoms. The predicted octanol–water partition coefficient (Wildman–Crippen LogP) is 4.46. The monoisotopic (exact) mass is 419 g/mol. The Hall–Kier alpha value is -3.20. The summed E-state index contributed by atoms with van der Waals surface area (Å²) in [6.45, 7) is 7.35. The SMILES string of the molecule is CC(C)(C)C1Cc2cc(NC(=O)C3(c4ccc(O)c(O)c4)CC3)ccc2N1CCC#N. The fourth-order valence-corrected chi connectivity index (χ4v) is 4.66. The van der Waals surface area contributed by atoms with Crippen molar-refractivity contribution in [1.29, 1.82) is 5.26 Å². The second-order valence-corrected chi connectivity index (χ2v) is 9.77. The molecule has 0 bridgehead atoms. The molecule has 0 radical (unpaired) electrons. The van der Waals surface area contributed by atoms with Crippen molar-refractivity contribution < 1.29 is 15.0 Å². The smallest absolute Gasteiger partial charge is 0.235 e. The lowest BCUT2D eigenvalue weighted by Crippen LogP contribution is -2.42. The van der Waals surface area contributed by atoms with Gasteiger partial charge in [0.25, 0.3) is 0 Å². The highest BCUT2D eigenvalue weighted by Crippen LogP contribution is 2.50. The number of phenolic OH excluding ortho intramolecular Hbond substituents is 2. The average Bonchev–Trinajstić information content (AvgIpc) is 3.44. The molecule has 1 aliphatic carbocycles. The van der Waals surface area contributed by atoms with E-state index in [4.69, 9.17) is 5.26 Å². The van der Waals surface area contributed by atoms with E-state index in [2.05, 4.69) is 37.1 Å². The van der Waals surface area contributed by atoms with Gasteiger partial charge in [0.1, 0.15) is 0 Å². The fourth-order valence-electron chi connectivity index (χ4n) is 4.66. The molecule has 1 saturated carbocycles. The lowest BCUT2D eigenvalue weighted by Gasteiger charge is -2.36. The second-order valence-electron chi connectivity index (χ2n) is 9.77. The summed E-state index contributed by atoms with van der Waals surface area (Å²) < 4.78 is 0. The first-order chi connectivity index (χ1) is 14.7. The summed E-state index contributed by atoms with van der Waals surface area (Å²) in [5.41, 5.74) is 3.21. The maximum Gasteiger partial charge on any atom is 0.235 e. The molecule has 31 heavy (non-hydrogen) atoms. The lowest BCUT2D eigenvalue weighted by atomic mass is 9.84. The van der Waals surface area contributed by atoms with Crippen LogP contribution in [0.4, 0.5) is 11.4 Å². The summed E-state index contributed by atoms with van der Waals surface area (Å²) in [6.07, 6.45) is 2.78. The molecule has 3 N–H and O–H groups in total. The minimum Gasteiger partial charge on any atom is -0.504 e. The number of nitriles is 1. The van der Waals surface area contributed by atoms with Crippen molar-refractivity contribution in [2.75, 3.05) is 16.8 Å². The molecule has 0 saturated heterocycles. The highest BCUT2D eigenvalue weighted by Gasteiger charge is 2.51. The third-order valence-corrected chi connectivity index (χ3v) is 6.61. The highest BCUT2D eigenvalue weighted by molar-refractivity contribution is 6.01. The number of benzene rings is 2. The number of carbonyl (C=O) groups is 1. The molecule has 2 aliphatic rings. The van der Waals surface area contributed by atoms with E-state index in [0.29, 0.717) is 31.8 Å². The van der Waals surface area contributed by atoms with Crippen LogP contribution in [0.5, 0.6) is 11.5 Å². The minimum atomic E-state index is -0.656. The number of nitrogens with one attached hydrogen (secondary N) is 1. The molecule has 1 atom stereocenters. The Morgan fingerprint density at radius 1 is 1.19 bits per heavy atom. The molecule has 1 amide bonds. The zero-order valence-corrected chi connectivity index (χ0v) is 18.3. The molecule has 4 rings (SSSR count). The molecule has 2 aromatic rings. The van der Waals surface area contributed by atoms with Crippen LogP contribution in [0.1, 0.15) is 51.2 Å². The number of fused-ring (bicyclic) bond motifs is 1. The normalized spacial score (nSPS) is 18.9. The van der Waals surface area contributed by atoms with Gasteiger partial charge >= 0.3 is 0 Å². The first-order valence-electron chi connectivity index (χ1n) is 10.8. The molecule has 1 fully saturated rings. The van der Waals surface area contributed by atoms with Crippen molar-refractivity contribution in [3.8, 4) is 17.6 Å². The summed E-state index contributed by atoms with van der Waals surface area (Å²) in [7, 11) is 0. The number of amides is 1. The summed E-state index contributed by atoms with van der Waals surface area (Å²) in [4.78, 5) is 15.4. The third kappa shape index (κ3) is 3.81. The van der Waals surface area contributed by atoms with E-state index in [9.17, 15) is 15.0 Å². The van der Waals surface area contributed by atoms with Crippen LogP contribution in [0.25, 0.3) is 0 Å². The molecular weight excluding hydrogens is 390 g/mol. The van der Waals surface area contributed by atoms with Gasteiger partial charge in [0.15, 0.2) is 11.5 Å². The Bertz CT molecular complexity index is 1060. The van der Waals surface area contributed by atoms with Crippen molar-refractivity contribution in [3.63, 3.8) is 0 Å². The first kappa shape index (κ1) is 21.0. The van der Waals surface area contributed by atoms with E-state index in [0.717, 1.165) is 23.4 Å². The van der Waals surface area contributed by atoms with Gasteiger partial charge in [-0.3, -0.25) is 4.79 Å². The van der Waals surface area contributed by atoms with Gasteiger partial charge in [-0.2, -0.15) is 5.26 Å². The molecule has 1 heterocycles. The van der Waals surface area contributed by atoms with Crippen LogP contribution in [0, 0.1) is 16.7 Å². The van der Waals surface area contributed by atoms with Crippen LogP contribution in [0.2, 0.25) is 0 Å². The van der Waals surface area contributed by atoms with Crippen LogP contribution < -0.4 is 10.2 Å². The van der Waals surface area contributed by atoms with Crippen molar-refractivity contribution in [2.45, 2.75) is 57.9 Å². The molecule has 0 aromatic heterocycles. The van der Waals surface area contributed by atoms with Gasteiger partial charge < -0.3 is 20.4 Å². The molecular formula is C25H29N3O3. The first-order valence-corrected chi connectivity index (χ1v) is 10.8. The predicted molar refractivity (Wildman–Crippen MR) is 120 cm³/mol. The fraction of sp³-hybridized carbons (Fsp3) is 0.440. The number of hydrogen-bond donors (Lipinski definition) is 3. The molecule has 6 nitrogen and oxygen atoms in total. The Kier molecular flexibility index (Phi) is 5.09. The zero-order chi connectivity index (χ0) is 22.4.